The highest BCUT2D eigenvalue weighted by molar-refractivity contribution is 5.94. The maximum Gasteiger partial charge on any atom is 0.257 e. The Kier molecular flexibility index (Phi) is 3.88. The van der Waals surface area contributed by atoms with Crippen LogP contribution in [0.5, 0.6) is 0 Å². The van der Waals surface area contributed by atoms with Crippen molar-refractivity contribution in [1.82, 2.24) is 4.90 Å². The van der Waals surface area contributed by atoms with Gasteiger partial charge in [0.2, 0.25) is 0 Å². The number of hydrogen-bond donors (Lipinski definition) is 1. The summed E-state index contributed by atoms with van der Waals surface area (Å²) in [6.07, 6.45) is 0. The van der Waals surface area contributed by atoms with E-state index < -0.39 is 17.5 Å². The monoisotopic (exact) mass is 256 g/mol. The van der Waals surface area contributed by atoms with Gasteiger partial charge in [0.05, 0.1) is 24.8 Å². The Hall–Kier alpha value is -1.53. The lowest BCUT2D eigenvalue weighted by Gasteiger charge is -2.35. The zero-order valence-electron chi connectivity index (χ0n) is 9.73. The summed E-state index contributed by atoms with van der Waals surface area (Å²) < 4.78 is 31.5. The Morgan fingerprint density at radius 2 is 2.28 bits per heavy atom. The summed E-state index contributed by atoms with van der Waals surface area (Å²) in [5.74, 6) is -2.05. The number of carbonyl (C=O) groups is 1. The molecule has 1 aromatic carbocycles. The summed E-state index contributed by atoms with van der Waals surface area (Å²) in [6, 6.07) is 2.64. The fraction of sp³-hybridized carbons (Fsp3) is 0.417. The summed E-state index contributed by atoms with van der Waals surface area (Å²) >= 11 is 0. The van der Waals surface area contributed by atoms with Crippen LogP contribution in [0.2, 0.25) is 0 Å². The van der Waals surface area contributed by atoms with Crippen molar-refractivity contribution in [2.45, 2.75) is 6.04 Å². The Bertz CT molecular complexity index is 454. The van der Waals surface area contributed by atoms with Crippen molar-refractivity contribution in [3.8, 4) is 0 Å². The lowest BCUT2D eigenvalue weighted by Crippen LogP contribution is -2.52. The van der Waals surface area contributed by atoms with Gasteiger partial charge >= 0.3 is 0 Å². The molecule has 0 radical (unpaired) electrons. The average Bonchev–Trinajstić information content (AvgIpc) is 2.38. The first kappa shape index (κ1) is 12.9. The van der Waals surface area contributed by atoms with Gasteiger partial charge in [0.15, 0.2) is 0 Å². The molecule has 2 rings (SSSR count). The maximum atomic E-state index is 13.5. The second-order valence-corrected chi connectivity index (χ2v) is 4.09. The Morgan fingerprint density at radius 3 is 2.94 bits per heavy atom. The number of nitrogens with two attached hydrogens (primary N) is 1. The van der Waals surface area contributed by atoms with Crippen LogP contribution in [0.25, 0.3) is 0 Å². The normalized spacial score (nSPS) is 19.9. The Labute approximate surface area is 103 Å². The van der Waals surface area contributed by atoms with E-state index in [2.05, 4.69) is 0 Å². The fourth-order valence-corrected chi connectivity index (χ4v) is 1.94. The summed E-state index contributed by atoms with van der Waals surface area (Å²) in [4.78, 5) is 13.6. The van der Waals surface area contributed by atoms with E-state index in [9.17, 15) is 13.6 Å². The lowest BCUT2D eigenvalue weighted by atomic mass is 10.1. The van der Waals surface area contributed by atoms with Crippen molar-refractivity contribution in [2.24, 2.45) is 5.73 Å². The first-order valence-corrected chi connectivity index (χ1v) is 5.67. The first-order valence-electron chi connectivity index (χ1n) is 5.67. The van der Waals surface area contributed by atoms with Crippen LogP contribution in [-0.4, -0.2) is 43.2 Å². The van der Waals surface area contributed by atoms with Gasteiger partial charge in [-0.2, -0.15) is 0 Å². The SMILES string of the molecule is NCC1COCCN1C(=O)c1ccc(F)cc1F. The molecule has 1 aromatic rings. The number of halogens is 2. The highest BCUT2D eigenvalue weighted by Crippen LogP contribution is 2.15. The van der Waals surface area contributed by atoms with Gasteiger partial charge in [-0.1, -0.05) is 0 Å². The van der Waals surface area contributed by atoms with Gasteiger partial charge in [-0.05, 0) is 12.1 Å². The van der Waals surface area contributed by atoms with Crippen molar-refractivity contribution in [1.29, 1.82) is 0 Å². The maximum absolute atomic E-state index is 13.5. The highest BCUT2D eigenvalue weighted by Gasteiger charge is 2.28. The predicted molar refractivity (Wildman–Crippen MR) is 61.1 cm³/mol. The highest BCUT2D eigenvalue weighted by atomic mass is 19.1. The van der Waals surface area contributed by atoms with Crippen molar-refractivity contribution >= 4 is 5.91 Å². The molecule has 1 fully saturated rings. The molecule has 0 bridgehead atoms. The van der Waals surface area contributed by atoms with Gasteiger partial charge in [-0.3, -0.25) is 4.79 Å². The van der Waals surface area contributed by atoms with E-state index in [4.69, 9.17) is 10.5 Å². The van der Waals surface area contributed by atoms with Crippen LogP contribution in [-0.2, 0) is 4.74 Å². The van der Waals surface area contributed by atoms with Crippen molar-refractivity contribution in [3.05, 3.63) is 35.4 Å². The van der Waals surface area contributed by atoms with Crippen LogP contribution >= 0.6 is 0 Å². The van der Waals surface area contributed by atoms with E-state index in [1.165, 1.54) is 4.90 Å². The molecule has 0 aliphatic carbocycles. The minimum Gasteiger partial charge on any atom is -0.377 e. The zero-order valence-corrected chi connectivity index (χ0v) is 9.73. The van der Waals surface area contributed by atoms with E-state index in [0.717, 1.165) is 12.1 Å². The van der Waals surface area contributed by atoms with E-state index in [1.54, 1.807) is 0 Å². The number of ether oxygens (including phenoxy) is 1. The largest absolute Gasteiger partial charge is 0.377 e. The van der Waals surface area contributed by atoms with E-state index in [0.29, 0.717) is 25.8 Å². The third kappa shape index (κ3) is 2.49. The van der Waals surface area contributed by atoms with Crippen molar-refractivity contribution in [2.75, 3.05) is 26.3 Å². The second-order valence-electron chi connectivity index (χ2n) is 4.09. The molecular formula is C12H14F2N2O2. The van der Waals surface area contributed by atoms with Gasteiger partial charge in [0.25, 0.3) is 5.91 Å². The topological polar surface area (TPSA) is 55.6 Å². The quantitative estimate of drug-likeness (QED) is 0.850. The lowest BCUT2D eigenvalue weighted by molar-refractivity contribution is 0.000595. The number of amides is 1. The van der Waals surface area contributed by atoms with Gasteiger partial charge in [0.1, 0.15) is 11.6 Å². The molecule has 1 aliphatic rings. The molecule has 1 unspecified atom stereocenters. The van der Waals surface area contributed by atoms with Gasteiger partial charge < -0.3 is 15.4 Å². The molecule has 4 nitrogen and oxygen atoms in total. The summed E-state index contributed by atoms with van der Waals surface area (Å²) in [7, 11) is 0. The summed E-state index contributed by atoms with van der Waals surface area (Å²) in [5, 5.41) is 0. The minimum absolute atomic E-state index is 0.142. The first-order chi connectivity index (χ1) is 8.63. The van der Waals surface area contributed by atoms with Crippen molar-refractivity contribution in [3.63, 3.8) is 0 Å². The third-order valence-electron chi connectivity index (χ3n) is 2.92. The van der Waals surface area contributed by atoms with Crippen LogP contribution in [0.1, 0.15) is 10.4 Å². The number of nitrogens with zero attached hydrogens (tertiary/aromatic N) is 1. The van der Waals surface area contributed by atoms with Gasteiger partial charge in [0, 0.05) is 19.2 Å². The molecule has 1 saturated heterocycles. The van der Waals surface area contributed by atoms with Crippen LogP contribution in [0, 0.1) is 11.6 Å². The van der Waals surface area contributed by atoms with Crippen LogP contribution in [0.4, 0.5) is 8.78 Å². The van der Waals surface area contributed by atoms with Crippen molar-refractivity contribution < 1.29 is 18.3 Å². The van der Waals surface area contributed by atoms with Crippen LogP contribution in [0.15, 0.2) is 18.2 Å². The third-order valence-corrected chi connectivity index (χ3v) is 2.92. The Balaban J connectivity index is 2.24. The molecular weight excluding hydrogens is 242 g/mol. The molecule has 98 valence electrons. The number of morpholine rings is 1. The zero-order chi connectivity index (χ0) is 13.1. The molecule has 1 atom stereocenters. The second kappa shape index (κ2) is 5.41. The number of carbonyl (C=O) groups excluding carboxylic acids is 1. The van der Waals surface area contributed by atoms with Crippen LogP contribution < -0.4 is 5.73 Å². The van der Waals surface area contributed by atoms with Gasteiger partial charge in [-0.15, -0.1) is 0 Å². The van der Waals surface area contributed by atoms with Crippen LogP contribution in [0.3, 0.4) is 0 Å². The molecule has 0 spiro atoms. The molecule has 1 heterocycles. The standard InChI is InChI=1S/C12H14F2N2O2/c13-8-1-2-10(11(14)5-8)12(17)16-3-4-18-7-9(16)6-15/h1-2,5,9H,3-4,6-7,15H2. The van der Waals surface area contributed by atoms with E-state index in [-0.39, 0.29) is 18.2 Å². The molecule has 6 heteroatoms. The predicted octanol–water partition coefficient (Wildman–Crippen LogP) is 0.764. The molecule has 1 aliphatic heterocycles. The molecule has 1 amide bonds. The van der Waals surface area contributed by atoms with E-state index >= 15 is 0 Å². The molecule has 0 saturated carbocycles. The number of rotatable bonds is 2. The summed E-state index contributed by atoms with van der Waals surface area (Å²) in [5.41, 5.74) is 5.40. The molecule has 18 heavy (non-hydrogen) atoms. The fourth-order valence-electron chi connectivity index (χ4n) is 1.94. The summed E-state index contributed by atoms with van der Waals surface area (Å²) in [6.45, 7) is 1.34. The average molecular weight is 256 g/mol. The number of benzene rings is 1. The number of hydrogen-bond acceptors (Lipinski definition) is 3. The molecule has 2 N–H and O–H groups in total. The van der Waals surface area contributed by atoms with Gasteiger partial charge in [-0.25, -0.2) is 8.78 Å². The Morgan fingerprint density at radius 1 is 1.50 bits per heavy atom. The van der Waals surface area contributed by atoms with E-state index in [1.807, 2.05) is 0 Å². The minimum atomic E-state index is -0.859. The molecule has 0 aromatic heterocycles. The smallest absolute Gasteiger partial charge is 0.257 e.